The van der Waals surface area contributed by atoms with Gasteiger partial charge < -0.3 is 25.6 Å². The Morgan fingerprint density at radius 1 is 1.00 bits per heavy atom. The van der Waals surface area contributed by atoms with Crippen molar-refractivity contribution in [2.75, 3.05) is 13.2 Å². The molecule has 0 saturated carbocycles. The first-order valence-electron chi connectivity index (χ1n) is 11.1. The zero-order valence-corrected chi connectivity index (χ0v) is 18.8. The number of hydrogen-bond donors (Lipinski definition) is 4. The molecule has 0 heterocycles. The first-order chi connectivity index (χ1) is 15.8. The number of fused-ring (bicyclic) bond motifs is 3. The molecule has 176 valence electrons. The van der Waals surface area contributed by atoms with Gasteiger partial charge in [0.1, 0.15) is 12.1 Å². The summed E-state index contributed by atoms with van der Waals surface area (Å²) in [5, 5.41) is 23.4. The van der Waals surface area contributed by atoms with Crippen LogP contribution >= 0.6 is 0 Å². The Morgan fingerprint density at radius 3 is 2.06 bits per heavy atom. The minimum Gasteiger partial charge on any atom is -0.479 e. The van der Waals surface area contributed by atoms with Gasteiger partial charge in [-0.25, -0.2) is 9.59 Å². The fraction of sp³-hybridized carbons (Fsp3) is 0.400. The molecule has 33 heavy (non-hydrogen) atoms. The number of aliphatic hydroxyl groups excluding tert-OH is 1. The number of alkyl carbamates (subject to hydrolysis) is 1. The smallest absolute Gasteiger partial charge is 0.408 e. The summed E-state index contributed by atoms with van der Waals surface area (Å²) in [7, 11) is 0. The highest BCUT2D eigenvalue weighted by Gasteiger charge is 2.37. The molecule has 0 aliphatic heterocycles. The van der Waals surface area contributed by atoms with Crippen LogP contribution in [0, 0.1) is 0 Å². The van der Waals surface area contributed by atoms with Gasteiger partial charge in [-0.2, -0.15) is 0 Å². The third kappa shape index (κ3) is 5.17. The van der Waals surface area contributed by atoms with Crippen LogP contribution in [0.5, 0.6) is 0 Å². The molecule has 1 atom stereocenters. The van der Waals surface area contributed by atoms with Crippen molar-refractivity contribution >= 4 is 18.0 Å². The summed E-state index contributed by atoms with van der Waals surface area (Å²) in [6.45, 7) is 3.66. The predicted octanol–water partition coefficient (Wildman–Crippen LogP) is 3.04. The summed E-state index contributed by atoms with van der Waals surface area (Å²) < 4.78 is 5.58. The minimum absolute atomic E-state index is 0.0274. The number of aliphatic carboxylic acids is 1. The molecule has 4 N–H and O–H groups in total. The fourth-order valence-electron chi connectivity index (χ4n) is 4.25. The predicted molar refractivity (Wildman–Crippen MR) is 123 cm³/mol. The Morgan fingerprint density at radius 2 is 1.55 bits per heavy atom. The van der Waals surface area contributed by atoms with Crippen molar-refractivity contribution in [1.29, 1.82) is 0 Å². The number of amides is 2. The number of carbonyl (C=O) groups is 3. The third-order valence-electron chi connectivity index (χ3n) is 6.32. The molecule has 0 bridgehead atoms. The second-order valence-electron chi connectivity index (χ2n) is 8.14. The van der Waals surface area contributed by atoms with E-state index in [2.05, 4.69) is 22.8 Å². The highest BCUT2D eigenvalue weighted by Crippen LogP contribution is 2.44. The van der Waals surface area contributed by atoms with E-state index in [-0.39, 0.29) is 25.5 Å². The maximum atomic E-state index is 12.8. The molecule has 0 saturated heterocycles. The van der Waals surface area contributed by atoms with Crippen molar-refractivity contribution in [3.05, 3.63) is 59.7 Å². The van der Waals surface area contributed by atoms with Crippen LogP contribution < -0.4 is 10.6 Å². The summed E-state index contributed by atoms with van der Waals surface area (Å²) in [4.78, 5) is 36.2. The lowest BCUT2D eigenvalue weighted by atomic mass is 9.91. The number of benzene rings is 2. The van der Waals surface area contributed by atoms with Crippen LogP contribution in [-0.2, 0) is 14.3 Å². The van der Waals surface area contributed by atoms with E-state index in [0.29, 0.717) is 12.8 Å². The number of ether oxygens (including phenoxy) is 1. The number of carbonyl (C=O) groups excluding carboxylic acids is 2. The van der Waals surface area contributed by atoms with E-state index in [1.54, 1.807) is 13.8 Å². The maximum absolute atomic E-state index is 12.8. The van der Waals surface area contributed by atoms with Gasteiger partial charge in [0, 0.05) is 18.9 Å². The molecule has 0 radical (unpaired) electrons. The number of carboxylic acids is 1. The molecule has 0 aromatic heterocycles. The van der Waals surface area contributed by atoms with Crippen molar-refractivity contribution in [3.8, 4) is 11.1 Å². The Balaban J connectivity index is 1.63. The molecule has 1 aliphatic carbocycles. The second-order valence-corrected chi connectivity index (χ2v) is 8.14. The van der Waals surface area contributed by atoms with Crippen LogP contribution in [0.3, 0.4) is 0 Å². The Hall–Kier alpha value is -3.39. The molecular formula is C25H30N2O6. The van der Waals surface area contributed by atoms with E-state index in [1.807, 2.05) is 36.4 Å². The third-order valence-corrected chi connectivity index (χ3v) is 6.32. The molecular weight excluding hydrogens is 424 g/mol. The normalized spacial score (nSPS) is 13.5. The molecule has 2 aromatic carbocycles. The summed E-state index contributed by atoms with van der Waals surface area (Å²) in [6, 6.07) is 16.1. The minimum atomic E-state index is -1.56. The van der Waals surface area contributed by atoms with E-state index in [9.17, 15) is 19.5 Å². The van der Waals surface area contributed by atoms with E-state index in [0.717, 1.165) is 22.3 Å². The maximum Gasteiger partial charge on any atom is 0.408 e. The molecule has 8 nitrogen and oxygen atoms in total. The van der Waals surface area contributed by atoms with Crippen LogP contribution in [0.15, 0.2) is 48.5 Å². The highest BCUT2D eigenvalue weighted by atomic mass is 16.5. The van der Waals surface area contributed by atoms with Gasteiger partial charge in [-0.1, -0.05) is 62.4 Å². The van der Waals surface area contributed by atoms with Gasteiger partial charge >= 0.3 is 12.1 Å². The lowest BCUT2D eigenvalue weighted by Gasteiger charge is -2.31. The van der Waals surface area contributed by atoms with Crippen molar-refractivity contribution in [3.63, 3.8) is 0 Å². The number of hydrogen-bond acceptors (Lipinski definition) is 5. The first kappa shape index (κ1) is 24.3. The molecule has 2 aromatic rings. The van der Waals surface area contributed by atoms with Crippen molar-refractivity contribution in [2.45, 2.75) is 50.7 Å². The molecule has 2 amide bonds. The molecule has 1 aliphatic rings. The van der Waals surface area contributed by atoms with Gasteiger partial charge in [0.15, 0.2) is 6.10 Å². The van der Waals surface area contributed by atoms with Crippen LogP contribution in [0.4, 0.5) is 4.79 Å². The zero-order chi connectivity index (χ0) is 24.0. The fourth-order valence-corrected chi connectivity index (χ4v) is 4.25. The number of aliphatic hydroxyl groups is 1. The first-order valence-corrected chi connectivity index (χ1v) is 11.1. The number of nitrogens with one attached hydrogen (secondary N) is 2. The average Bonchev–Trinajstić information content (AvgIpc) is 3.14. The van der Waals surface area contributed by atoms with E-state index < -0.39 is 29.6 Å². The Labute approximate surface area is 193 Å². The van der Waals surface area contributed by atoms with Crippen molar-refractivity contribution in [2.24, 2.45) is 0 Å². The van der Waals surface area contributed by atoms with Gasteiger partial charge in [-0.15, -0.1) is 0 Å². The topological polar surface area (TPSA) is 125 Å². The molecule has 0 spiro atoms. The SMILES string of the molecule is CCC(CC)(NC(=O)OCC1c2ccccc2-c2ccccc21)C(=O)NCCC(O)C(=O)O. The van der Waals surface area contributed by atoms with Gasteiger partial charge in [0.2, 0.25) is 5.91 Å². The Bertz CT molecular complexity index is 972. The van der Waals surface area contributed by atoms with Crippen LogP contribution in [-0.4, -0.2) is 53.0 Å². The van der Waals surface area contributed by atoms with E-state index in [1.165, 1.54) is 0 Å². The van der Waals surface area contributed by atoms with Gasteiger partial charge in [-0.05, 0) is 35.1 Å². The zero-order valence-electron chi connectivity index (χ0n) is 18.8. The average molecular weight is 455 g/mol. The van der Waals surface area contributed by atoms with E-state index in [4.69, 9.17) is 9.84 Å². The van der Waals surface area contributed by atoms with Crippen LogP contribution in [0.1, 0.15) is 50.2 Å². The van der Waals surface area contributed by atoms with E-state index >= 15 is 0 Å². The van der Waals surface area contributed by atoms with Crippen molar-refractivity contribution in [1.82, 2.24) is 10.6 Å². The van der Waals surface area contributed by atoms with Crippen molar-refractivity contribution < 1.29 is 29.3 Å². The monoisotopic (exact) mass is 454 g/mol. The lowest BCUT2D eigenvalue weighted by Crippen LogP contribution is -2.58. The summed E-state index contributed by atoms with van der Waals surface area (Å²) >= 11 is 0. The molecule has 8 heteroatoms. The van der Waals surface area contributed by atoms with Gasteiger partial charge in [0.25, 0.3) is 0 Å². The largest absolute Gasteiger partial charge is 0.479 e. The quantitative estimate of drug-likeness (QED) is 0.437. The number of rotatable bonds is 10. The van der Waals surface area contributed by atoms with Crippen LogP contribution in [0.25, 0.3) is 11.1 Å². The number of carboxylic acid groups (broad SMARTS) is 1. The van der Waals surface area contributed by atoms with Gasteiger partial charge in [-0.3, -0.25) is 4.79 Å². The molecule has 0 fully saturated rings. The van der Waals surface area contributed by atoms with Gasteiger partial charge in [0.05, 0.1) is 0 Å². The highest BCUT2D eigenvalue weighted by molar-refractivity contribution is 5.90. The Kier molecular flexibility index (Phi) is 7.71. The summed E-state index contributed by atoms with van der Waals surface area (Å²) in [6.07, 6.45) is -1.74. The van der Waals surface area contributed by atoms with Crippen LogP contribution in [0.2, 0.25) is 0 Å². The molecule has 3 rings (SSSR count). The molecule has 1 unspecified atom stereocenters. The second kappa shape index (κ2) is 10.5. The standard InChI is InChI=1S/C25H30N2O6/c1-3-25(4-2,23(31)26-14-13-21(28)22(29)30)27-24(32)33-15-20-18-11-7-5-9-16(18)17-10-6-8-12-19(17)20/h5-12,20-21,28H,3-4,13-15H2,1-2H3,(H,26,31)(H,27,32)(H,29,30). The lowest BCUT2D eigenvalue weighted by molar-refractivity contribution is -0.147. The summed E-state index contributed by atoms with van der Waals surface area (Å²) in [5.74, 6) is -1.89. The summed E-state index contributed by atoms with van der Waals surface area (Å²) in [5.41, 5.74) is 3.25.